The molecule has 0 radical (unpaired) electrons. The lowest BCUT2D eigenvalue weighted by atomic mass is 9.89. The summed E-state index contributed by atoms with van der Waals surface area (Å²) < 4.78 is 1.87. The molecule has 20 heavy (non-hydrogen) atoms. The van der Waals surface area contributed by atoms with Crippen LogP contribution in [-0.2, 0) is 11.3 Å². The van der Waals surface area contributed by atoms with Crippen LogP contribution in [0.2, 0.25) is 0 Å². The summed E-state index contributed by atoms with van der Waals surface area (Å²) >= 11 is 0. The molecule has 0 amide bonds. The van der Waals surface area contributed by atoms with E-state index in [1.165, 1.54) is 0 Å². The number of likely N-dealkylation sites (tertiary alicyclic amines) is 1. The van der Waals surface area contributed by atoms with Gasteiger partial charge in [-0.3, -0.25) is 9.69 Å². The minimum absolute atomic E-state index is 0.240. The molecule has 1 N–H and O–H groups in total. The van der Waals surface area contributed by atoms with Gasteiger partial charge in [-0.2, -0.15) is 5.10 Å². The van der Waals surface area contributed by atoms with Crippen molar-refractivity contribution in [2.75, 3.05) is 6.54 Å². The first kappa shape index (κ1) is 15.0. The van der Waals surface area contributed by atoms with Crippen LogP contribution in [0.25, 0.3) is 0 Å². The summed E-state index contributed by atoms with van der Waals surface area (Å²) in [7, 11) is 0. The van der Waals surface area contributed by atoms with Crippen LogP contribution >= 0.6 is 0 Å². The number of carboxylic acid groups (broad SMARTS) is 1. The maximum atomic E-state index is 11.5. The Balaban J connectivity index is 2.10. The van der Waals surface area contributed by atoms with Gasteiger partial charge < -0.3 is 5.11 Å². The Morgan fingerprint density at radius 1 is 1.55 bits per heavy atom. The lowest BCUT2D eigenvalue weighted by molar-refractivity contribution is -0.145. The van der Waals surface area contributed by atoms with Crippen LogP contribution in [0.1, 0.15) is 51.9 Å². The lowest BCUT2D eigenvalue weighted by Crippen LogP contribution is -2.47. The van der Waals surface area contributed by atoms with Crippen LogP contribution in [0.3, 0.4) is 0 Å². The smallest absolute Gasteiger partial charge is 0.320 e. The first-order valence-corrected chi connectivity index (χ1v) is 7.38. The molecule has 1 saturated heterocycles. The van der Waals surface area contributed by atoms with Gasteiger partial charge in [0.15, 0.2) is 0 Å². The highest BCUT2D eigenvalue weighted by molar-refractivity contribution is 5.73. The third kappa shape index (κ3) is 3.17. The van der Waals surface area contributed by atoms with Crippen molar-refractivity contribution in [3.63, 3.8) is 0 Å². The molecule has 2 unspecified atom stereocenters. The van der Waals surface area contributed by atoms with Gasteiger partial charge >= 0.3 is 5.97 Å². The molecule has 0 spiro atoms. The third-order valence-electron chi connectivity index (χ3n) is 4.17. The van der Waals surface area contributed by atoms with Crippen molar-refractivity contribution in [2.24, 2.45) is 5.92 Å². The summed E-state index contributed by atoms with van der Waals surface area (Å²) in [6.07, 6.45) is 4.40. The summed E-state index contributed by atoms with van der Waals surface area (Å²) in [4.78, 5) is 17.8. The average molecular weight is 280 g/mol. The minimum atomic E-state index is -0.723. The first-order chi connectivity index (χ1) is 9.52. The van der Waals surface area contributed by atoms with Gasteiger partial charge in [0.05, 0.1) is 6.54 Å². The Morgan fingerprint density at radius 3 is 2.90 bits per heavy atom. The molecule has 1 aromatic rings. The van der Waals surface area contributed by atoms with E-state index in [4.69, 9.17) is 0 Å². The molecule has 0 bridgehead atoms. The maximum Gasteiger partial charge on any atom is 0.320 e. The number of aromatic nitrogens is 3. The molecule has 6 nitrogen and oxygen atoms in total. The molecule has 1 fully saturated rings. The van der Waals surface area contributed by atoms with Gasteiger partial charge in [0.2, 0.25) is 0 Å². The standard InChI is InChI=1S/C14H24N4O2/c1-4-11-5-6-17(12(7-11)14(19)20)8-13-15-9-16-18(13)10(2)3/h9-12H,4-8H2,1-3H3,(H,19,20). The second-order valence-electron chi connectivity index (χ2n) is 5.84. The molecule has 2 atom stereocenters. The number of aliphatic carboxylic acids is 1. The zero-order valence-corrected chi connectivity index (χ0v) is 12.5. The van der Waals surface area contributed by atoms with E-state index in [0.717, 1.165) is 31.6 Å². The molecular weight excluding hydrogens is 256 g/mol. The molecule has 0 saturated carbocycles. The summed E-state index contributed by atoms with van der Waals surface area (Å²) in [6.45, 7) is 7.62. The van der Waals surface area contributed by atoms with E-state index in [1.807, 2.05) is 9.58 Å². The Labute approximate surface area is 119 Å². The van der Waals surface area contributed by atoms with E-state index in [2.05, 4.69) is 30.9 Å². The summed E-state index contributed by atoms with van der Waals surface area (Å²) in [5, 5.41) is 13.7. The van der Waals surface area contributed by atoms with E-state index in [-0.39, 0.29) is 6.04 Å². The molecule has 6 heteroatoms. The number of carbonyl (C=O) groups is 1. The van der Waals surface area contributed by atoms with E-state index in [1.54, 1.807) is 6.33 Å². The molecule has 1 aliphatic rings. The second-order valence-corrected chi connectivity index (χ2v) is 5.84. The fourth-order valence-electron chi connectivity index (χ4n) is 2.90. The number of hydrogen-bond donors (Lipinski definition) is 1. The second kappa shape index (κ2) is 6.35. The van der Waals surface area contributed by atoms with Crippen LogP contribution in [0.15, 0.2) is 6.33 Å². The maximum absolute atomic E-state index is 11.5. The predicted molar refractivity (Wildman–Crippen MR) is 75.3 cm³/mol. The summed E-state index contributed by atoms with van der Waals surface area (Å²) in [6, 6.07) is -0.157. The summed E-state index contributed by atoms with van der Waals surface area (Å²) in [5.74, 6) is 0.648. The Hall–Kier alpha value is -1.43. The van der Waals surface area contributed by atoms with Crippen LogP contribution in [0.4, 0.5) is 0 Å². The van der Waals surface area contributed by atoms with Crippen molar-refractivity contribution >= 4 is 5.97 Å². The molecule has 1 aromatic heterocycles. The average Bonchev–Trinajstić information content (AvgIpc) is 2.87. The van der Waals surface area contributed by atoms with Gasteiger partial charge in [0.1, 0.15) is 18.2 Å². The molecule has 2 heterocycles. The van der Waals surface area contributed by atoms with Gasteiger partial charge in [0, 0.05) is 6.04 Å². The molecule has 112 valence electrons. The van der Waals surface area contributed by atoms with Crippen LogP contribution in [0, 0.1) is 5.92 Å². The molecular formula is C14H24N4O2. The molecule has 1 aliphatic heterocycles. The SMILES string of the molecule is CCC1CCN(Cc2ncnn2C(C)C)C(C(=O)O)C1. The van der Waals surface area contributed by atoms with Crippen molar-refractivity contribution in [1.29, 1.82) is 0 Å². The number of rotatable bonds is 5. The lowest BCUT2D eigenvalue weighted by Gasteiger charge is -2.36. The van der Waals surface area contributed by atoms with E-state index < -0.39 is 12.0 Å². The quantitative estimate of drug-likeness (QED) is 0.892. The summed E-state index contributed by atoms with van der Waals surface area (Å²) in [5.41, 5.74) is 0. The zero-order chi connectivity index (χ0) is 14.7. The monoisotopic (exact) mass is 280 g/mol. The van der Waals surface area contributed by atoms with Gasteiger partial charge in [0.25, 0.3) is 0 Å². The zero-order valence-electron chi connectivity index (χ0n) is 12.5. The van der Waals surface area contributed by atoms with Gasteiger partial charge in [-0.25, -0.2) is 9.67 Å². The van der Waals surface area contributed by atoms with E-state index in [9.17, 15) is 9.90 Å². The number of carboxylic acids is 1. The topological polar surface area (TPSA) is 71.2 Å². The third-order valence-corrected chi connectivity index (χ3v) is 4.17. The normalized spacial score (nSPS) is 24.2. The van der Waals surface area contributed by atoms with Crippen molar-refractivity contribution in [2.45, 2.75) is 58.7 Å². The van der Waals surface area contributed by atoms with Crippen LogP contribution in [-0.4, -0.2) is 43.3 Å². The number of nitrogens with zero attached hydrogens (tertiary/aromatic N) is 4. The minimum Gasteiger partial charge on any atom is -0.480 e. The Bertz CT molecular complexity index is 458. The largest absolute Gasteiger partial charge is 0.480 e. The van der Waals surface area contributed by atoms with Gasteiger partial charge in [-0.1, -0.05) is 13.3 Å². The van der Waals surface area contributed by atoms with Gasteiger partial charge in [-0.15, -0.1) is 0 Å². The van der Waals surface area contributed by atoms with Crippen molar-refractivity contribution in [3.05, 3.63) is 12.2 Å². The van der Waals surface area contributed by atoms with Crippen LogP contribution in [0.5, 0.6) is 0 Å². The van der Waals surface area contributed by atoms with Crippen molar-refractivity contribution in [3.8, 4) is 0 Å². The highest BCUT2D eigenvalue weighted by atomic mass is 16.4. The first-order valence-electron chi connectivity index (χ1n) is 7.38. The predicted octanol–water partition coefficient (Wildman–Crippen LogP) is 1.93. The number of hydrogen-bond acceptors (Lipinski definition) is 4. The van der Waals surface area contributed by atoms with Crippen molar-refractivity contribution in [1.82, 2.24) is 19.7 Å². The highest BCUT2D eigenvalue weighted by Gasteiger charge is 2.33. The number of piperidine rings is 1. The van der Waals surface area contributed by atoms with E-state index >= 15 is 0 Å². The molecule has 0 aliphatic carbocycles. The van der Waals surface area contributed by atoms with Crippen LogP contribution < -0.4 is 0 Å². The fraction of sp³-hybridized carbons (Fsp3) is 0.786. The Morgan fingerprint density at radius 2 is 2.30 bits per heavy atom. The highest BCUT2D eigenvalue weighted by Crippen LogP contribution is 2.26. The molecule has 2 rings (SSSR count). The van der Waals surface area contributed by atoms with Crippen molar-refractivity contribution < 1.29 is 9.90 Å². The molecule has 0 aromatic carbocycles. The van der Waals surface area contributed by atoms with Gasteiger partial charge in [-0.05, 0) is 39.2 Å². The Kier molecular flexibility index (Phi) is 4.75. The fourth-order valence-corrected chi connectivity index (χ4v) is 2.90. The van der Waals surface area contributed by atoms with E-state index in [0.29, 0.717) is 12.5 Å².